The number of aryl methyl sites for hydroxylation is 3. The third-order valence-electron chi connectivity index (χ3n) is 4.28. The Morgan fingerprint density at radius 2 is 1.91 bits per heavy atom. The molecule has 1 fully saturated rings. The summed E-state index contributed by atoms with van der Waals surface area (Å²) in [4.78, 5) is 14.7. The molecule has 1 unspecified atom stereocenters. The van der Waals surface area contributed by atoms with Crippen molar-refractivity contribution in [2.75, 3.05) is 12.3 Å². The van der Waals surface area contributed by atoms with Crippen LogP contribution in [0.15, 0.2) is 48.5 Å². The van der Waals surface area contributed by atoms with Crippen LogP contribution in [0.2, 0.25) is 0 Å². The molecule has 1 heterocycles. The van der Waals surface area contributed by atoms with Crippen molar-refractivity contribution in [3.63, 3.8) is 0 Å². The highest BCUT2D eigenvalue weighted by Crippen LogP contribution is 2.38. The van der Waals surface area contributed by atoms with Crippen LogP contribution in [0.5, 0.6) is 0 Å². The van der Waals surface area contributed by atoms with Gasteiger partial charge in [0.05, 0.1) is 0 Å². The molecule has 0 saturated carbocycles. The predicted octanol–water partition coefficient (Wildman–Crippen LogP) is 4.51. The summed E-state index contributed by atoms with van der Waals surface area (Å²) < 4.78 is 0. The largest absolute Gasteiger partial charge is 0.326 e. The summed E-state index contributed by atoms with van der Waals surface area (Å²) in [5.41, 5.74) is 5.00. The number of rotatable bonds is 4. The number of nitrogens with zero attached hydrogens (tertiary/aromatic N) is 1. The first-order valence-electron chi connectivity index (χ1n) is 8.17. The normalized spacial score (nSPS) is 17.5. The Hall–Kier alpha value is -1.74. The van der Waals surface area contributed by atoms with Crippen molar-refractivity contribution in [3.05, 3.63) is 70.8 Å². The summed E-state index contributed by atoms with van der Waals surface area (Å²) in [5.74, 6) is 1.29. The zero-order chi connectivity index (χ0) is 16.2. The Kier molecular flexibility index (Phi) is 5.06. The lowest BCUT2D eigenvalue weighted by Crippen LogP contribution is -2.30. The fraction of sp³-hybridized carbons (Fsp3) is 0.350. The molecule has 0 bridgehead atoms. The number of benzene rings is 2. The summed E-state index contributed by atoms with van der Waals surface area (Å²) in [6.45, 7) is 5.04. The molecule has 3 rings (SSSR count). The molecular weight excluding hydrogens is 302 g/mol. The van der Waals surface area contributed by atoms with Crippen LogP contribution < -0.4 is 0 Å². The third kappa shape index (κ3) is 3.97. The van der Waals surface area contributed by atoms with Crippen molar-refractivity contribution in [2.24, 2.45) is 0 Å². The fourth-order valence-electron chi connectivity index (χ4n) is 3.00. The van der Waals surface area contributed by atoms with E-state index in [1.807, 2.05) is 16.7 Å². The summed E-state index contributed by atoms with van der Waals surface area (Å²) in [5, 5.41) is 0.181. The predicted molar refractivity (Wildman–Crippen MR) is 97.6 cm³/mol. The van der Waals surface area contributed by atoms with E-state index >= 15 is 0 Å². The van der Waals surface area contributed by atoms with Crippen LogP contribution in [-0.2, 0) is 11.2 Å². The van der Waals surface area contributed by atoms with Gasteiger partial charge in [0, 0.05) is 18.7 Å². The van der Waals surface area contributed by atoms with Crippen molar-refractivity contribution in [1.29, 1.82) is 0 Å². The van der Waals surface area contributed by atoms with Gasteiger partial charge in [-0.05, 0) is 31.4 Å². The lowest BCUT2D eigenvalue weighted by Gasteiger charge is -2.24. The minimum atomic E-state index is 0.181. The van der Waals surface area contributed by atoms with E-state index in [4.69, 9.17) is 0 Å². The van der Waals surface area contributed by atoms with E-state index < -0.39 is 0 Å². The maximum atomic E-state index is 12.7. The van der Waals surface area contributed by atoms with Gasteiger partial charge in [-0.2, -0.15) is 0 Å². The zero-order valence-corrected chi connectivity index (χ0v) is 14.6. The summed E-state index contributed by atoms with van der Waals surface area (Å²) in [6.07, 6.45) is 1.41. The average molecular weight is 325 g/mol. The van der Waals surface area contributed by atoms with Crippen molar-refractivity contribution in [1.82, 2.24) is 4.90 Å². The van der Waals surface area contributed by atoms with E-state index in [1.165, 1.54) is 22.3 Å². The molecule has 0 spiro atoms. The van der Waals surface area contributed by atoms with Gasteiger partial charge in [0.15, 0.2) is 0 Å². The van der Waals surface area contributed by atoms with Crippen LogP contribution in [0.4, 0.5) is 0 Å². The Morgan fingerprint density at radius 1 is 1.13 bits per heavy atom. The van der Waals surface area contributed by atoms with E-state index in [9.17, 15) is 4.79 Å². The fourth-order valence-corrected chi connectivity index (χ4v) is 4.27. The van der Waals surface area contributed by atoms with E-state index in [0.29, 0.717) is 6.42 Å². The molecule has 1 aliphatic rings. The Bertz CT molecular complexity index is 680. The molecule has 120 valence electrons. The molecule has 0 aliphatic carbocycles. The number of amides is 1. The molecule has 1 aliphatic heterocycles. The van der Waals surface area contributed by atoms with Crippen molar-refractivity contribution in [3.8, 4) is 0 Å². The maximum absolute atomic E-state index is 12.7. The van der Waals surface area contributed by atoms with E-state index in [1.54, 1.807) is 0 Å². The smallest absolute Gasteiger partial charge is 0.224 e. The maximum Gasteiger partial charge on any atom is 0.224 e. The lowest BCUT2D eigenvalue weighted by atomic mass is 10.1. The van der Waals surface area contributed by atoms with Crippen LogP contribution in [-0.4, -0.2) is 23.1 Å². The van der Waals surface area contributed by atoms with Gasteiger partial charge in [0.1, 0.15) is 5.37 Å². The van der Waals surface area contributed by atoms with Crippen molar-refractivity contribution >= 4 is 17.7 Å². The summed E-state index contributed by atoms with van der Waals surface area (Å²) >= 11 is 1.87. The third-order valence-corrected chi connectivity index (χ3v) is 5.54. The van der Waals surface area contributed by atoms with Crippen LogP contribution >= 0.6 is 11.8 Å². The van der Waals surface area contributed by atoms with Gasteiger partial charge in [-0.25, -0.2) is 0 Å². The van der Waals surface area contributed by atoms with Crippen molar-refractivity contribution in [2.45, 2.75) is 32.1 Å². The second-order valence-corrected chi connectivity index (χ2v) is 7.40. The van der Waals surface area contributed by atoms with Gasteiger partial charge in [-0.1, -0.05) is 59.7 Å². The van der Waals surface area contributed by atoms with Gasteiger partial charge < -0.3 is 4.90 Å². The molecule has 2 nitrogen and oxygen atoms in total. The molecule has 0 aromatic heterocycles. The Labute approximate surface area is 142 Å². The van der Waals surface area contributed by atoms with E-state index in [2.05, 4.69) is 62.4 Å². The molecule has 0 radical (unpaired) electrons. The molecular formula is C20H23NOS. The standard InChI is InChI=1S/C20H23NOS/c1-15-6-9-18(10-7-15)20-21(12-13-23-20)19(22)11-8-17-5-3-4-16(2)14-17/h3-7,9-10,14,20H,8,11-13H2,1-2H3. The molecule has 0 N–H and O–H groups in total. The minimum absolute atomic E-state index is 0.181. The molecule has 3 heteroatoms. The van der Waals surface area contributed by atoms with E-state index in [-0.39, 0.29) is 11.3 Å². The molecule has 1 saturated heterocycles. The number of thioether (sulfide) groups is 1. The van der Waals surface area contributed by atoms with Gasteiger partial charge in [-0.3, -0.25) is 4.79 Å². The highest BCUT2D eigenvalue weighted by atomic mass is 32.2. The minimum Gasteiger partial charge on any atom is -0.326 e. The molecule has 2 aromatic carbocycles. The number of carbonyl (C=O) groups excluding carboxylic acids is 1. The first-order valence-corrected chi connectivity index (χ1v) is 9.21. The highest BCUT2D eigenvalue weighted by molar-refractivity contribution is 7.99. The molecule has 1 amide bonds. The quantitative estimate of drug-likeness (QED) is 0.824. The number of hydrogen-bond donors (Lipinski definition) is 0. The first kappa shape index (κ1) is 16.1. The second kappa shape index (κ2) is 7.22. The SMILES string of the molecule is Cc1ccc(C2SCCN2C(=O)CCc2cccc(C)c2)cc1. The highest BCUT2D eigenvalue weighted by Gasteiger charge is 2.30. The van der Waals surface area contributed by atoms with Gasteiger partial charge in [0.2, 0.25) is 5.91 Å². The van der Waals surface area contributed by atoms with Crippen LogP contribution in [0.1, 0.15) is 34.0 Å². The molecule has 23 heavy (non-hydrogen) atoms. The summed E-state index contributed by atoms with van der Waals surface area (Å²) in [7, 11) is 0. The van der Waals surface area contributed by atoms with E-state index in [0.717, 1.165) is 18.7 Å². The van der Waals surface area contributed by atoms with Crippen molar-refractivity contribution < 1.29 is 4.79 Å². The number of carbonyl (C=O) groups is 1. The lowest BCUT2D eigenvalue weighted by molar-refractivity contribution is -0.131. The first-order chi connectivity index (χ1) is 11.1. The van der Waals surface area contributed by atoms with Gasteiger partial charge in [-0.15, -0.1) is 11.8 Å². The zero-order valence-electron chi connectivity index (χ0n) is 13.8. The molecule has 1 atom stereocenters. The Balaban J connectivity index is 1.65. The topological polar surface area (TPSA) is 20.3 Å². The summed E-state index contributed by atoms with van der Waals surface area (Å²) in [6, 6.07) is 17.0. The second-order valence-electron chi connectivity index (χ2n) is 6.21. The van der Waals surface area contributed by atoms with Crippen LogP contribution in [0, 0.1) is 13.8 Å². The molecule has 2 aromatic rings. The average Bonchev–Trinajstić information content (AvgIpc) is 3.03. The monoisotopic (exact) mass is 325 g/mol. The van der Waals surface area contributed by atoms with Gasteiger partial charge >= 0.3 is 0 Å². The van der Waals surface area contributed by atoms with Crippen LogP contribution in [0.25, 0.3) is 0 Å². The van der Waals surface area contributed by atoms with Gasteiger partial charge in [0.25, 0.3) is 0 Å². The van der Waals surface area contributed by atoms with Crippen LogP contribution in [0.3, 0.4) is 0 Å². The Morgan fingerprint density at radius 3 is 2.65 bits per heavy atom. The number of hydrogen-bond acceptors (Lipinski definition) is 2.